The topological polar surface area (TPSA) is 43.9 Å². The highest BCUT2D eigenvalue weighted by Gasteiger charge is 2.14. The fraction of sp³-hybridized carbons (Fsp3) is 0.0588. The number of rotatable bonds is 3. The summed E-state index contributed by atoms with van der Waals surface area (Å²) in [6, 6.07) is 18.0. The van der Waals surface area contributed by atoms with Crippen molar-refractivity contribution in [2.75, 3.05) is 0 Å². The summed E-state index contributed by atoms with van der Waals surface area (Å²) >= 11 is 0. The maximum Gasteiger partial charge on any atom is 0.158 e. The lowest BCUT2D eigenvalue weighted by Crippen LogP contribution is -2.02. The van der Waals surface area contributed by atoms with Gasteiger partial charge in [0.2, 0.25) is 0 Å². The minimum absolute atomic E-state index is 0.690. The average molecular weight is 275 g/mol. The van der Waals surface area contributed by atoms with Crippen LogP contribution >= 0.6 is 0 Å². The van der Waals surface area contributed by atoms with Crippen LogP contribution in [-0.2, 0) is 6.54 Å². The summed E-state index contributed by atoms with van der Waals surface area (Å²) in [7, 11) is 0. The van der Waals surface area contributed by atoms with Gasteiger partial charge in [-0.15, -0.1) is 0 Å². The van der Waals surface area contributed by atoms with Crippen LogP contribution < -0.4 is 0 Å². The molecule has 3 aromatic heterocycles. The van der Waals surface area contributed by atoms with Crippen LogP contribution in [0.2, 0.25) is 0 Å². The third-order valence-electron chi connectivity index (χ3n) is 3.44. The average Bonchev–Trinajstić information content (AvgIpc) is 3.17. The first kappa shape index (κ1) is 11.9. The van der Waals surface area contributed by atoms with Crippen molar-refractivity contribution in [3.63, 3.8) is 0 Å². The molecule has 0 saturated carbocycles. The van der Waals surface area contributed by atoms with Crippen LogP contribution in [0.1, 0.15) is 5.56 Å². The van der Waals surface area contributed by atoms with Crippen molar-refractivity contribution in [2.24, 2.45) is 0 Å². The van der Waals surface area contributed by atoms with E-state index in [0.717, 1.165) is 22.5 Å². The van der Waals surface area contributed by atoms with Gasteiger partial charge in [-0.25, -0.2) is 9.67 Å². The third-order valence-corrected chi connectivity index (χ3v) is 3.44. The quantitative estimate of drug-likeness (QED) is 0.572. The Kier molecular flexibility index (Phi) is 2.78. The number of hydrogen-bond acceptors (Lipinski definition) is 3. The molecule has 4 aromatic rings. The van der Waals surface area contributed by atoms with Crippen molar-refractivity contribution in [1.82, 2.24) is 14.8 Å². The highest BCUT2D eigenvalue weighted by Crippen LogP contribution is 2.27. The van der Waals surface area contributed by atoms with Crippen LogP contribution in [0.5, 0.6) is 0 Å². The van der Waals surface area contributed by atoms with E-state index in [1.54, 1.807) is 12.5 Å². The normalized spacial score (nSPS) is 11.0. The molecule has 4 rings (SSSR count). The molecule has 0 fully saturated rings. The minimum atomic E-state index is 0.690. The van der Waals surface area contributed by atoms with Crippen molar-refractivity contribution in [1.29, 1.82) is 0 Å². The van der Waals surface area contributed by atoms with Crippen LogP contribution in [0.3, 0.4) is 0 Å². The molecule has 3 heterocycles. The second kappa shape index (κ2) is 4.90. The Morgan fingerprint density at radius 1 is 0.952 bits per heavy atom. The molecule has 4 nitrogen and oxygen atoms in total. The van der Waals surface area contributed by atoms with Gasteiger partial charge in [0, 0.05) is 6.20 Å². The number of hydrogen-bond donors (Lipinski definition) is 0. The molecule has 102 valence electrons. The molecule has 0 N–H and O–H groups in total. The predicted octanol–water partition coefficient (Wildman–Crippen LogP) is 3.74. The molecule has 0 amide bonds. The van der Waals surface area contributed by atoms with Crippen LogP contribution in [0, 0.1) is 0 Å². The molecule has 0 aliphatic carbocycles. The number of fused-ring (bicyclic) bond motifs is 1. The summed E-state index contributed by atoms with van der Waals surface area (Å²) in [6.07, 6.45) is 3.45. The van der Waals surface area contributed by atoms with Crippen molar-refractivity contribution >= 4 is 11.0 Å². The second-order valence-corrected chi connectivity index (χ2v) is 4.84. The summed E-state index contributed by atoms with van der Waals surface area (Å²) in [6.45, 7) is 0.690. The van der Waals surface area contributed by atoms with Crippen LogP contribution in [0.4, 0.5) is 0 Å². The van der Waals surface area contributed by atoms with E-state index in [9.17, 15) is 0 Å². The smallest absolute Gasteiger partial charge is 0.158 e. The first-order valence-electron chi connectivity index (χ1n) is 6.81. The Balaban J connectivity index is 1.86. The molecule has 0 atom stereocenters. The third kappa shape index (κ3) is 2.10. The summed E-state index contributed by atoms with van der Waals surface area (Å²) in [5.74, 6) is 0.764. The van der Waals surface area contributed by atoms with Crippen LogP contribution in [-0.4, -0.2) is 14.8 Å². The fourth-order valence-corrected chi connectivity index (χ4v) is 2.47. The number of nitrogens with zero attached hydrogens (tertiary/aromatic N) is 3. The summed E-state index contributed by atoms with van der Waals surface area (Å²) in [5.41, 5.74) is 2.89. The minimum Gasteiger partial charge on any atom is -0.463 e. The van der Waals surface area contributed by atoms with E-state index in [1.165, 1.54) is 5.56 Å². The predicted molar refractivity (Wildman–Crippen MR) is 80.8 cm³/mol. The molecule has 21 heavy (non-hydrogen) atoms. The van der Waals surface area contributed by atoms with Gasteiger partial charge in [-0.05, 0) is 29.8 Å². The zero-order valence-electron chi connectivity index (χ0n) is 11.3. The second-order valence-electron chi connectivity index (χ2n) is 4.84. The van der Waals surface area contributed by atoms with Crippen molar-refractivity contribution in [2.45, 2.75) is 6.54 Å². The van der Waals surface area contributed by atoms with E-state index < -0.39 is 0 Å². The Morgan fingerprint density at radius 2 is 1.86 bits per heavy atom. The van der Waals surface area contributed by atoms with Crippen LogP contribution in [0.15, 0.2) is 71.5 Å². The lowest BCUT2D eigenvalue weighted by atomic mass is 10.2. The Labute approximate surface area is 121 Å². The molecule has 0 aliphatic rings. The van der Waals surface area contributed by atoms with Crippen LogP contribution in [0.25, 0.3) is 22.5 Å². The highest BCUT2D eigenvalue weighted by molar-refractivity contribution is 5.89. The largest absolute Gasteiger partial charge is 0.463 e. The number of furan rings is 1. The van der Waals surface area contributed by atoms with Gasteiger partial charge >= 0.3 is 0 Å². The van der Waals surface area contributed by atoms with Crippen molar-refractivity contribution in [3.05, 3.63) is 72.6 Å². The van der Waals surface area contributed by atoms with E-state index in [-0.39, 0.29) is 0 Å². The molecule has 4 heteroatoms. The maximum absolute atomic E-state index is 5.49. The van der Waals surface area contributed by atoms with Gasteiger partial charge in [0.25, 0.3) is 0 Å². The van der Waals surface area contributed by atoms with Gasteiger partial charge in [-0.3, -0.25) is 0 Å². The lowest BCUT2D eigenvalue weighted by molar-refractivity contribution is 0.577. The summed E-state index contributed by atoms with van der Waals surface area (Å²) < 4.78 is 7.41. The maximum atomic E-state index is 5.49. The molecule has 0 aliphatic heterocycles. The zero-order valence-corrected chi connectivity index (χ0v) is 11.3. The van der Waals surface area contributed by atoms with E-state index in [2.05, 4.69) is 22.2 Å². The Hall–Kier alpha value is -2.88. The van der Waals surface area contributed by atoms with Crippen molar-refractivity contribution < 1.29 is 4.42 Å². The molecule has 0 saturated heterocycles. The molecular formula is C17H13N3O. The number of benzene rings is 1. The summed E-state index contributed by atoms with van der Waals surface area (Å²) in [4.78, 5) is 4.47. The Bertz CT molecular complexity index is 864. The van der Waals surface area contributed by atoms with Gasteiger partial charge in [0.1, 0.15) is 5.69 Å². The SMILES string of the molecule is c1ccc(Cn2nc(-c3ccco3)c3cccnc32)cc1. The fourth-order valence-electron chi connectivity index (χ4n) is 2.47. The number of aromatic nitrogens is 3. The zero-order chi connectivity index (χ0) is 14.1. The van der Waals surface area contributed by atoms with E-state index in [0.29, 0.717) is 6.54 Å². The van der Waals surface area contributed by atoms with Gasteiger partial charge in [-0.1, -0.05) is 30.3 Å². The Morgan fingerprint density at radius 3 is 2.67 bits per heavy atom. The van der Waals surface area contributed by atoms with E-state index in [1.807, 2.05) is 47.1 Å². The lowest BCUT2D eigenvalue weighted by Gasteiger charge is -2.02. The first-order chi connectivity index (χ1) is 10.4. The molecule has 0 unspecified atom stereocenters. The molecule has 0 radical (unpaired) electrons. The first-order valence-corrected chi connectivity index (χ1v) is 6.81. The molecular weight excluding hydrogens is 262 g/mol. The van der Waals surface area contributed by atoms with E-state index in [4.69, 9.17) is 4.42 Å². The van der Waals surface area contributed by atoms with E-state index >= 15 is 0 Å². The van der Waals surface area contributed by atoms with Gasteiger partial charge < -0.3 is 4.42 Å². The van der Waals surface area contributed by atoms with Gasteiger partial charge in [0.05, 0.1) is 18.2 Å². The standard InChI is InChI=1S/C17H13N3O/c1-2-6-13(7-3-1)12-20-17-14(8-4-10-18-17)16(19-20)15-9-5-11-21-15/h1-11H,12H2. The molecule has 0 bridgehead atoms. The number of pyridine rings is 1. The van der Waals surface area contributed by atoms with Gasteiger partial charge in [-0.2, -0.15) is 5.10 Å². The summed E-state index contributed by atoms with van der Waals surface area (Å²) in [5, 5.41) is 5.69. The highest BCUT2D eigenvalue weighted by atomic mass is 16.3. The van der Waals surface area contributed by atoms with Crippen molar-refractivity contribution in [3.8, 4) is 11.5 Å². The molecule has 0 spiro atoms. The van der Waals surface area contributed by atoms with Gasteiger partial charge in [0.15, 0.2) is 11.4 Å². The molecule has 1 aromatic carbocycles. The monoisotopic (exact) mass is 275 g/mol.